The molecule has 17 heteroatoms. The molecule has 0 spiro atoms. The number of rotatable bonds is 10. The van der Waals surface area contributed by atoms with Crippen molar-refractivity contribution in [2.75, 3.05) is 13.7 Å². The SMILES string of the molecule is CCC1CC(C)CCC=CC2CC2(CC(=O)NS(=O)(=O)C2CC2)NC(=O)C2CC(Oc3ncc(C(=O)O)c4cc(OC)ccc34)CN2C(=O)C1NC(=O)OC(C)(C)C. The van der Waals surface area contributed by atoms with Crippen LogP contribution in [0.5, 0.6) is 11.6 Å². The zero-order valence-electron chi connectivity index (χ0n) is 33.9. The summed E-state index contributed by atoms with van der Waals surface area (Å²) in [6.07, 6.45) is 7.25. The molecule has 0 bridgehead atoms. The molecule has 7 atom stereocenters. The van der Waals surface area contributed by atoms with Gasteiger partial charge in [0.05, 0.1) is 36.4 Å². The summed E-state index contributed by atoms with van der Waals surface area (Å²) in [4.78, 5) is 74.0. The van der Waals surface area contributed by atoms with Crippen molar-refractivity contribution in [2.24, 2.45) is 17.8 Å². The number of carbonyl (C=O) groups excluding carboxylic acids is 4. The fraction of sp³-hybridized carbons (Fsp3) is 0.610. The van der Waals surface area contributed by atoms with Gasteiger partial charge in [-0.3, -0.25) is 19.1 Å². The van der Waals surface area contributed by atoms with Crippen LogP contribution in [-0.4, -0.2) is 101 Å². The Bertz CT molecular complexity index is 2080. The number of aromatic nitrogens is 1. The van der Waals surface area contributed by atoms with Crippen molar-refractivity contribution in [1.29, 1.82) is 0 Å². The molecule has 4 N–H and O–H groups in total. The second kappa shape index (κ2) is 16.7. The minimum absolute atomic E-state index is 0.0111. The van der Waals surface area contributed by atoms with E-state index in [2.05, 4.69) is 27.3 Å². The predicted molar refractivity (Wildman–Crippen MR) is 213 cm³/mol. The highest BCUT2D eigenvalue weighted by molar-refractivity contribution is 7.90. The largest absolute Gasteiger partial charge is 0.497 e. The summed E-state index contributed by atoms with van der Waals surface area (Å²) in [6.45, 7) is 9.11. The summed E-state index contributed by atoms with van der Waals surface area (Å²) in [5.41, 5.74) is -2.02. The number of carboxylic acid groups (broad SMARTS) is 1. The Morgan fingerprint density at radius 3 is 2.50 bits per heavy atom. The van der Waals surface area contributed by atoms with E-state index in [9.17, 15) is 37.5 Å². The van der Waals surface area contributed by atoms with Crippen LogP contribution in [0.15, 0.2) is 36.5 Å². The number of allylic oxidation sites excluding steroid dienone is 1. The van der Waals surface area contributed by atoms with Crippen molar-refractivity contribution in [3.63, 3.8) is 0 Å². The van der Waals surface area contributed by atoms with Crippen LogP contribution >= 0.6 is 0 Å². The Morgan fingerprint density at radius 1 is 1.10 bits per heavy atom. The second-order valence-corrected chi connectivity index (χ2v) is 19.2. The molecule has 4 aliphatic rings. The molecule has 7 unspecified atom stereocenters. The summed E-state index contributed by atoms with van der Waals surface area (Å²) in [5, 5.41) is 15.9. The van der Waals surface area contributed by atoms with Gasteiger partial charge >= 0.3 is 12.1 Å². The molecule has 2 aromatic rings. The number of hydrogen-bond acceptors (Lipinski definition) is 11. The van der Waals surface area contributed by atoms with Gasteiger partial charge in [-0.15, -0.1) is 0 Å². The first-order chi connectivity index (χ1) is 27.3. The van der Waals surface area contributed by atoms with E-state index in [0.717, 1.165) is 6.42 Å². The third-order valence-corrected chi connectivity index (χ3v) is 13.3. The van der Waals surface area contributed by atoms with Crippen molar-refractivity contribution in [3.8, 4) is 11.6 Å². The summed E-state index contributed by atoms with van der Waals surface area (Å²) in [7, 11) is -2.37. The standard InChI is InChI=1S/C41H55N5O11S/c1-7-24-16-23(2)10-8-9-11-25-19-41(25,20-33(47)45-58(53,54)28-13-14-28)44-35(48)32-18-27(22-46(32)37(49)34(24)43-39(52)57-40(3,4)5)56-36-29-15-12-26(55-6)17-30(29)31(21-42-36)38(50)51/h9,11-12,15,17,21,23-25,27-28,32,34H,7-8,10,13-14,16,18-20,22H2,1-6H3,(H,43,52)(H,44,48)(H,45,47)(H,50,51). The summed E-state index contributed by atoms with van der Waals surface area (Å²) in [5.74, 6) is -2.92. The molecule has 2 aliphatic carbocycles. The Balaban J connectivity index is 1.36. The lowest BCUT2D eigenvalue weighted by molar-refractivity contribution is -0.141. The summed E-state index contributed by atoms with van der Waals surface area (Å²) < 4.78 is 44.9. The van der Waals surface area contributed by atoms with Gasteiger partial charge in [0.15, 0.2) is 0 Å². The normalized spacial score (nSPS) is 27.9. The van der Waals surface area contributed by atoms with Crippen LogP contribution in [0.1, 0.15) is 103 Å². The average Bonchev–Trinajstić information content (AvgIpc) is 4.06. The van der Waals surface area contributed by atoms with Gasteiger partial charge in [-0.1, -0.05) is 32.4 Å². The predicted octanol–water partition coefficient (Wildman–Crippen LogP) is 4.46. The second-order valence-electron chi connectivity index (χ2n) is 17.2. The van der Waals surface area contributed by atoms with Gasteiger partial charge in [-0.05, 0) is 89.3 Å². The number of pyridine rings is 1. The lowest BCUT2D eigenvalue weighted by Gasteiger charge is -2.34. The van der Waals surface area contributed by atoms with Gasteiger partial charge in [0, 0.05) is 29.3 Å². The van der Waals surface area contributed by atoms with Crippen molar-refractivity contribution < 1.29 is 51.7 Å². The first kappa shape index (κ1) is 42.7. The molecule has 16 nitrogen and oxygen atoms in total. The molecular formula is C41H55N5O11S. The maximum Gasteiger partial charge on any atom is 0.408 e. The minimum atomic E-state index is -3.83. The van der Waals surface area contributed by atoms with Crippen LogP contribution < -0.4 is 24.8 Å². The lowest BCUT2D eigenvalue weighted by atomic mass is 9.85. The number of hydrogen-bond donors (Lipinski definition) is 4. The number of methoxy groups -OCH3 is 1. The van der Waals surface area contributed by atoms with Crippen molar-refractivity contribution in [3.05, 3.63) is 42.1 Å². The number of carbonyl (C=O) groups is 5. The zero-order chi connectivity index (χ0) is 42.2. The maximum absolute atomic E-state index is 14.9. The molecular weight excluding hydrogens is 771 g/mol. The smallest absolute Gasteiger partial charge is 0.408 e. The molecule has 1 aromatic heterocycles. The van der Waals surface area contributed by atoms with Crippen LogP contribution in [0, 0.1) is 17.8 Å². The minimum Gasteiger partial charge on any atom is -0.497 e. The van der Waals surface area contributed by atoms with E-state index in [1.165, 1.54) is 18.2 Å². The van der Waals surface area contributed by atoms with Crippen LogP contribution in [0.3, 0.4) is 0 Å². The topological polar surface area (TPSA) is 220 Å². The number of ether oxygens (including phenoxy) is 3. The monoisotopic (exact) mass is 825 g/mol. The van der Waals surface area contributed by atoms with E-state index < -0.39 is 74.4 Å². The Labute approximate surface area is 338 Å². The highest BCUT2D eigenvalue weighted by Gasteiger charge is 2.57. The number of sulfonamides is 1. The number of nitrogens with zero attached hydrogens (tertiary/aromatic N) is 2. The number of aromatic carboxylic acids is 1. The molecule has 1 saturated heterocycles. The van der Waals surface area contributed by atoms with Gasteiger partial charge in [-0.25, -0.2) is 23.0 Å². The summed E-state index contributed by atoms with van der Waals surface area (Å²) >= 11 is 0. The quantitative estimate of drug-likeness (QED) is 0.244. The number of carboxylic acids is 1. The number of nitrogens with one attached hydrogen (secondary N) is 3. The first-order valence-corrected chi connectivity index (χ1v) is 21.6. The fourth-order valence-electron chi connectivity index (χ4n) is 8.18. The number of benzene rings is 1. The van der Waals surface area contributed by atoms with Crippen LogP contribution in [0.4, 0.5) is 4.79 Å². The molecule has 3 fully saturated rings. The van der Waals surface area contributed by atoms with Gasteiger partial charge < -0.3 is 34.9 Å². The van der Waals surface area contributed by atoms with Crippen LogP contribution in [0.2, 0.25) is 0 Å². The molecule has 2 aliphatic heterocycles. The van der Waals surface area contributed by atoms with E-state index in [-0.39, 0.29) is 48.6 Å². The Hall–Kier alpha value is -4.93. The molecule has 0 radical (unpaired) electrons. The van der Waals surface area contributed by atoms with Gasteiger partial charge in [0.1, 0.15) is 29.5 Å². The third kappa shape index (κ3) is 9.84. The van der Waals surface area contributed by atoms with Gasteiger partial charge in [0.2, 0.25) is 33.6 Å². The van der Waals surface area contributed by atoms with E-state index in [1.807, 2.05) is 19.1 Å². The van der Waals surface area contributed by atoms with E-state index >= 15 is 0 Å². The summed E-state index contributed by atoms with van der Waals surface area (Å²) in [6, 6.07) is 2.63. The lowest BCUT2D eigenvalue weighted by Crippen LogP contribution is -2.57. The fourth-order valence-corrected chi connectivity index (χ4v) is 9.49. The molecule has 2 saturated carbocycles. The first-order valence-electron chi connectivity index (χ1n) is 20.0. The molecule has 3 heterocycles. The van der Waals surface area contributed by atoms with E-state index in [4.69, 9.17) is 14.2 Å². The number of fused-ring (bicyclic) bond motifs is 3. The Kier molecular flexibility index (Phi) is 12.3. The van der Waals surface area contributed by atoms with E-state index in [1.54, 1.807) is 39.0 Å². The third-order valence-electron chi connectivity index (χ3n) is 11.5. The molecule has 316 valence electrons. The highest BCUT2D eigenvalue weighted by atomic mass is 32.2. The number of amides is 4. The van der Waals surface area contributed by atoms with Crippen LogP contribution in [0.25, 0.3) is 10.8 Å². The van der Waals surface area contributed by atoms with Crippen LogP contribution in [-0.2, 0) is 29.1 Å². The average molecular weight is 826 g/mol. The molecule has 6 rings (SSSR count). The molecule has 4 amide bonds. The maximum atomic E-state index is 14.9. The van der Waals surface area contributed by atoms with Crippen molar-refractivity contribution >= 4 is 50.6 Å². The molecule has 58 heavy (non-hydrogen) atoms. The highest BCUT2D eigenvalue weighted by Crippen LogP contribution is 2.48. The number of alkyl carbamates (subject to hydrolysis) is 1. The van der Waals surface area contributed by atoms with Crippen molar-refractivity contribution in [2.45, 2.75) is 127 Å². The van der Waals surface area contributed by atoms with E-state index in [0.29, 0.717) is 55.0 Å². The van der Waals surface area contributed by atoms with Gasteiger partial charge in [0.25, 0.3) is 0 Å². The zero-order valence-corrected chi connectivity index (χ0v) is 34.7. The molecule has 1 aromatic carbocycles. The van der Waals surface area contributed by atoms with Gasteiger partial charge in [-0.2, -0.15) is 0 Å². The Morgan fingerprint density at radius 2 is 1.84 bits per heavy atom. The van der Waals surface area contributed by atoms with Crippen molar-refractivity contribution in [1.82, 2.24) is 25.2 Å².